The molecule has 1 saturated heterocycles. The number of hydrogen-bond donors (Lipinski definition) is 1. The van der Waals surface area contributed by atoms with E-state index in [2.05, 4.69) is 13.2 Å². The second kappa shape index (κ2) is 7.65. The van der Waals surface area contributed by atoms with E-state index in [4.69, 9.17) is 9.47 Å². The summed E-state index contributed by atoms with van der Waals surface area (Å²) in [4.78, 5) is 37.8. The molecule has 1 fully saturated rings. The van der Waals surface area contributed by atoms with Crippen molar-refractivity contribution in [1.29, 1.82) is 0 Å². The van der Waals surface area contributed by atoms with Gasteiger partial charge in [0.15, 0.2) is 0 Å². The Kier molecular flexibility index (Phi) is 5.79. The predicted octanol–water partition coefficient (Wildman–Crippen LogP) is 0.946. The molecule has 1 N–H and O–H groups in total. The highest BCUT2D eigenvalue weighted by atomic mass is 16.5. The number of carbonyl (C=O) groups excluding carboxylic acids is 3. The number of fused-ring (bicyclic) bond motifs is 1. The molecule has 2 heterocycles. The zero-order valence-corrected chi connectivity index (χ0v) is 14.4. The van der Waals surface area contributed by atoms with Crippen molar-refractivity contribution >= 4 is 17.8 Å². The van der Waals surface area contributed by atoms with Crippen molar-refractivity contribution in [1.82, 2.24) is 4.90 Å². The summed E-state index contributed by atoms with van der Waals surface area (Å²) in [5.41, 5.74) is 0.548. The van der Waals surface area contributed by atoms with Gasteiger partial charge >= 0.3 is 11.9 Å². The Hall–Kier alpha value is -2.41. The Bertz CT molecular complexity index is 637. The van der Waals surface area contributed by atoms with Gasteiger partial charge in [0.05, 0.1) is 25.0 Å². The van der Waals surface area contributed by atoms with Gasteiger partial charge in [0.25, 0.3) is 0 Å². The molecule has 2 aliphatic heterocycles. The maximum atomic E-state index is 12.6. The Morgan fingerprint density at radius 2 is 2.04 bits per heavy atom. The molecule has 0 aliphatic carbocycles. The fraction of sp³-hybridized carbons (Fsp3) is 0.500. The first kappa shape index (κ1) is 18.9. The van der Waals surface area contributed by atoms with Gasteiger partial charge in [-0.3, -0.25) is 9.59 Å². The fourth-order valence-corrected chi connectivity index (χ4v) is 3.48. The summed E-state index contributed by atoms with van der Waals surface area (Å²) in [6, 6.07) is -0.340. The van der Waals surface area contributed by atoms with Gasteiger partial charge in [-0.2, -0.15) is 0 Å². The molecule has 0 radical (unpaired) electrons. The largest absolute Gasteiger partial charge is 0.461 e. The molecule has 0 aromatic heterocycles. The van der Waals surface area contributed by atoms with Crippen LogP contribution in [0.15, 0.2) is 36.6 Å². The summed E-state index contributed by atoms with van der Waals surface area (Å²) in [5, 5.41) is 9.65. The molecule has 3 unspecified atom stereocenters. The number of carbonyl (C=O) groups is 3. The molecule has 4 atom stereocenters. The van der Waals surface area contributed by atoms with Gasteiger partial charge in [-0.05, 0) is 12.5 Å². The highest BCUT2D eigenvalue weighted by molar-refractivity contribution is 6.01. The van der Waals surface area contributed by atoms with Gasteiger partial charge in [0.2, 0.25) is 5.91 Å². The number of ether oxygens (including phenoxy) is 2. The number of aliphatic hydroxyl groups is 1. The lowest BCUT2D eigenvalue weighted by Crippen LogP contribution is -2.64. The summed E-state index contributed by atoms with van der Waals surface area (Å²) in [7, 11) is 0. The maximum absolute atomic E-state index is 12.6. The minimum atomic E-state index is -0.665. The van der Waals surface area contributed by atoms with Crippen LogP contribution in [-0.2, 0) is 23.9 Å². The maximum Gasteiger partial charge on any atom is 0.355 e. The van der Waals surface area contributed by atoms with E-state index in [0.717, 1.165) is 0 Å². The van der Waals surface area contributed by atoms with Crippen LogP contribution in [0.3, 0.4) is 0 Å². The van der Waals surface area contributed by atoms with Crippen molar-refractivity contribution in [2.45, 2.75) is 32.4 Å². The van der Waals surface area contributed by atoms with E-state index in [1.807, 2.05) is 6.92 Å². The lowest BCUT2D eigenvalue weighted by molar-refractivity contribution is -0.172. The van der Waals surface area contributed by atoms with Gasteiger partial charge in [-0.1, -0.05) is 25.7 Å². The Morgan fingerprint density at radius 3 is 2.60 bits per heavy atom. The van der Waals surface area contributed by atoms with Crippen molar-refractivity contribution in [3.05, 3.63) is 36.6 Å². The van der Waals surface area contributed by atoms with Crippen LogP contribution in [0.4, 0.5) is 0 Å². The quantitative estimate of drug-likeness (QED) is 0.398. The fourth-order valence-electron chi connectivity index (χ4n) is 3.48. The van der Waals surface area contributed by atoms with E-state index in [9.17, 15) is 19.5 Å². The van der Waals surface area contributed by atoms with Crippen LogP contribution in [0.2, 0.25) is 0 Å². The smallest absolute Gasteiger partial charge is 0.355 e. The van der Waals surface area contributed by atoms with E-state index in [-0.39, 0.29) is 43.2 Å². The van der Waals surface area contributed by atoms with Crippen LogP contribution < -0.4 is 0 Å². The lowest BCUT2D eigenvalue weighted by Gasteiger charge is -2.47. The van der Waals surface area contributed by atoms with E-state index >= 15 is 0 Å². The number of rotatable bonds is 8. The third-order valence-corrected chi connectivity index (χ3v) is 4.63. The molecular weight excluding hydrogens is 326 g/mol. The molecule has 0 saturated carbocycles. The number of amides is 1. The summed E-state index contributed by atoms with van der Waals surface area (Å²) in [6.07, 6.45) is 2.29. The van der Waals surface area contributed by atoms with Crippen LogP contribution in [0.1, 0.15) is 20.3 Å². The van der Waals surface area contributed by atoms with Gasteiger partial charge in [-0.15, -0.1) is 6.58 Å². The minimum absolute atomic E-state index is 0.0150. The van der Waals surface area contributed by atoms with Gasteiger partial charge in [0, 0.05) is 5.92 Å². The first-order valence-corrected chi connectivity index (χ1v) is 8.14. The number of β-lactam (4-membered cyclic amide) rings is 1. The summed E-state index contributed by atoms with van der Waals surface area (Å²) in [5.74, 6) is -2.24. The zero-order chi connectivity index (χ0) is 18.7. The molecule has 2 rings (SSSR count). The monoisotopic (exact) mass is 349 g/mol. The molecule has 7 nitrogen and oxygen atoms in total. The Labute approximate surface area is 146 Å². The van der Waals surface area contributed by atoms with Crippen LogP contribution in [0, 0.1) is 11.8 Å². The number of esters is 2. The average Bonchev–Trinajstić information content (AvgIpc) is 2.81. The molecule has 7 heteroatoms. The van der Waals surface area contributed by atoms with E-state index in [1.54, 1.807) is 6.92 Å². The molecular formula is C18H23NO6. The lowest BCUT2D eigenvalue weighted by atomic mass is 9.77. The van der Waals surface area contributed by atoms with Gasteiger partial charge in [-0.25, -0.2) is 4.79 Å². The van der Waals surface area contributed by atoms with Crippen LogP contribution in [0.25, 0.3) is 0 Å². The van der Waals surface area contributed by atoms with Crippen molar-refractivity contribution in [3.63, 3.8) is 0 Å². The molecule has 0 aromatic rings. The molecule has 2 aliphatic rings. The van der Waals surface area contributed by atoms with Crippen molar-refractivity contribution in [2.75, 3.05) is 13.2 Å². The van der Waals surface area contributed by atoms with Crippen LogP contribution in [-0.4, -0.2) is 53.2 Å². The third-order valence-electron chi connectivity index (χ3n) is 4.63. The topological polar surface area (TPSA) is 93.1 Å². The van der Waals surface area contributed by atoms with Gasteiger partial charge in [0.1, 0.15) is 18.4 Å². The number of hydrogen-bond acceptors (Lipinski definition) is 6. The summed E-state index contributed by atoms with van der Waals surface area (Å²) in [6.45, 7) is 10.1. The SMILES string of the molecule is C=CCOC(=O)C1=C(CO)C(C)[C@@H]2C(C(C)OC(=O)CC=C)C(=O)N12. The van der Waals surface area contributed by atoms with Crippen molar-refractivity contribution < 1.29 is 29.0 Å². The predicted molar refractivity (Wildman–Crippen MR) is 88.9 cm³/mol. The van der Waals surface area contributed by atoms with Crippen molar-refractivity contribution in [3.8, 4) is 0 Å². The minimum Gasteiger partial charge on any atom is -0.461 e. The molecule has 0 aromatic carbocycles. The molecule has 136 valence electrons. The molecule has 25 heavy (non-hydrogen) atoms. The highest BCUT2D eigenvalue weighted by Gasteiger charge is 2.60. The third kappa shape index (κ3) is 3.24. The van der Waals surface area contributed by atoms with Crippen LogP contribution >= 0.6 is 0 Å². The Morgan fingerprint density at radius 1 is 1.36 bits per heavy atom. The molecule has 0 bridgehead atoms. The molecule has 0 spiro atoms. The first-order chi connectivity index (χ1) is 11.9. The van der Waals surface area contributed by atoms with E-state index < -0.39 is 24.0 Å². The summed E-state index contributed by atoms with van der Waals surface area (Å²) < 4.78 is 10.3. The first-order valence-electron chi connectivity index (χ1n) is 8.14. The average molecular weight is 349 g/mol. The van der Waals surface area contributed by atoms with Crippen LogP contribution in [0.5, 0.6) is 0 Å². The second-order valence-corrected chi connectivity index (χ2v) is 6.12. The standard InChI is InChI=1S/C18H23NO6/c1-5-7-13(21)25-11(4)14-15-10(3)12(9-20)16(19(15)17(14)22)18(23)24-8-6-2/h5-6,10-11,14-15,20H,1-2,7-9H2,3-4H3/t10?,11?,14?,15-/m1/s1. The van der Waals surface area contributed by atoms with E-state index in [0.29, 0.717) is 5.57 Å². The van der Waals surface area contributed by atoms with Crippen molar-refractivity contribution in [2.24, 2.45) is 11.8 Å². The normalized spacial score (nSPS) is 25.8. The second-order valence-electron chi connectivity index (χ2n) is 6.12. The number of nitrogens with zero attached hydrogens (tertiary/aromatic N) is 1. The zero-order valence-electron chi connectivity index (χ0n) is 14.4. The van der Waals surface area contributed by atoms with E-state index in [1.165, 1.54) is 17.1 Å². The molecule has 1 amide bonds. The number of aliphatic hydroxyl groups excluding tert-OH is 1. The summed E-state index contributed by atoms with van der Waals surface area (Å²) >= 11 is 0. The van der Waals surface area contributed by atoms with Gasteiger partial charge < -0.3 is 19.5 Å². The Balaban J connectivity index is 2.19. The highest BCUT2D eigenvalue weighted by Crippen LogP contribution is 2.47.